The lowest BCUT2D eigenvalue weighted by atomic mass is 10.1. The Morgan fingerprint density at radius 1 is 1.07 bits per heavy atom. The molecule has 2 nitrogen and oxygen atoms in total. The molecule has 1 aromatic carbocycles. The van der Waals surface area contributed by atoms with E-state index < -0.39 is 0 Å². The average Bonchev–Trinajstić information content (AvgIpc) is 2.30. The summed E-state index contributed by atoms with van der Waals surface area (Å²) in [6, 6.07) is 8.27. The molecule has 1 aromatic rings. The summed E-state index contributed by atoms with van der Waals surface area (Å²) in [7, 11) is 1.74. The molecule has 0 aromatic heterocycles. The molecule has 1 heterocycles. The van der Waals surface area contributed by atoms with Crippen molar-refractivity contribution >= 4 is 18.1 Å². The number of para-hydroxylation sites is 2. The second-order valence-electron chi connectivity index (χ2n) is 3.72. The maximum absolute atomic E-state index is 5.36. The van der Waals surface area contributed by atoms with Gasteiger partial charge in [-0.15, -0.1) is 12.4 Å². The predicted octanol–water partition coefficient (Wildman–Crippen LogP) is 3.11. The third-order valence-corrected chi connectivity index (χ3v) is 2.78. The SMILES string of the molecule is COc1ccccc1N1CCCCC1.Cl. The fourth-order valence-corrected chi connectivity index (χ4v) is 2.03. The minimum absolute atomic E-state index is 0. The average molecular weight is 228 g/mol. The second kappa shape index (κ2) is 5.86. The number of anilines is 1. The van der Waals surface area contributed by atoms with E-state index in [2.05, 4.69) is 17.0 Å². The number of nitrogens with zero attached hydrogens (tertiary/aromatic N) is 1. The van der Waals surface area contributed by atoms with Crippen molar-refractivity contribution in [1.82, 2.24) is 0 Å². The molecule has 0 bridgehead atoms. The van der Waals surface area contributed by atoms with Crippen LogP contribution in [0.15, 0.2) is 24.3 Å². The predicted molar refractivity (Wildman–Crippen MR) is 66.3 cm³/mol. The van der Waals surface area contributed by atoms with E-state index in [4.69, 9.17) is 4.74 Å². The molecular weight excluding hydrogens is 210 g/mol. The summed E-state index contributed by atoms with van der Waals surface area (Å²) < 4.78 is 5.36. The van der Waals surface area contributed by atoms with Crippen molar-refractivity contribution < 1.29 is 4.74 Å². The fourth-order valence-electron chi connectivity index (χ4n) is 2.03. The molecule has 2 rings (SSSR count). The van der Waals surface area contributed by atoms with Crippen LogP contribution >= 0.6 is 12.4 Å². The largest absolute Gasteiger partial charge is 0.495 e. The van der Waals surface area contributed by atoms with Crippen molar-refractivity contribution in [3.63, 3.8) is 0 Å². The molecular formula is C12H18ClNO. The quantitative estimate of drug-likeness (QED) is 0.770. The van der Waals surface area contributed by atoms with Gasteiger partial charge < -0.3 is 9.64 Å². The first-order valence-corrected chi connectivity index (χ1v) is 5.30. The molecule has 15 heavy (non-hydrogen) atoms. The van der Waals surface area contributed by atoms with E-state index in [1.165, 1.54) is 38.0 Å². The van der Waals surface area contributed by atoms with Crippen LogP contribution in [0.1, 0.15) is 19.3 Å². The van der Waals surface area contributed by atoms with Crippen LogP contribution in [0.4, 0.5) is 5.69 Å². The van der Waals surface area contributed by atoms with E-state index in [1.54, 1.807) is 7.11 Å². The summed E-state index contributed by atoms with van der Waals surface area (Å²) in [5.74, 6) is 0.995. The molecule has 0 unspecified atom stereocenters. The zero-order chi connectivity index (χ0) is 9.80. The number of hydrogen-bond donors (Lipinski definition) is 0. The first kappa shape index (κ1) is 12.2. The van der Waals surface area contributed by atoms with Gasteiger partial charge in [-0.3, -0.25) is 0 Å². The zero-order valence-electron chi connectivity index (χ0n) is 9.11. The number of benzene rings is 1. The van der Waals surface area contributed by atoms with Gasteiger partial charge in [0.15, 0.2) is 0 Å². The molecule has 0 spiro atoms. The molecule has 1 aliphatic rings. The van der Waals surface area contributed by atoms with E-state index in [0.29, 0.717) is 0 Å². The van der Waals surface area contributed by atoms with E-state index in [9.17, 15) is 0 Å². The summed E-state index contributed by atoms with van der Waals surface area (Å²) in [5.41, 5.74) is 1.25. The summed E-state index contributed by atoms with van der Waals surface area (Å²) in [4.78, 5) is 2.42. The van der Waals surface area contributed by atoms with Gasteiger partial charge >= 0.3 is 0 Å². The Hall–Kier alpha value is -0.890. The van der Waals surface area contributed by atoms with Crippen LogP contribution in [0.2, 0.25) is 0 Å². The topological polar surface area (TPSA) is 12.5 Å². The summed E-state index contributed by atoms with van der Waals surface area (Å²) in [6.45, 7) is 2.33. The van der Waals surface area contributed by atoms with Gasteiger partial charge in [0.2, 0.25) is 0 Å². The Morgan fingerprint density at radius 3 is 2.40 bits per heavy atom. The molecule has 3 heteroatoms. The van der Waals surface area contributed by atoms with Gasteiger partial charge in [0.1, 0.15) is 5.75 Å². The van der Waals surface area contributed by atoms with Crippen LogP contribution < -0.4 is 9.64 Å². The standard InChI is InChI=1S/C12H17NO.ClH/c1-14-12-8-4-3-7-11(12)13-9-5-2-6-10-13;/h3-4,7-8H,2,5-6,9-10H2,1H3;1H. The molecule has 0 atom stereocenters. The molecule has 1 aliphatic heterocycles. The van der Waals surface area contributed by atoms with Gasteiger partial charge in [-0.05, 0) is 31.4 Å². The van der Waals surface area contributed by atoms with Crippen molar-refractivity contribution in [2.24, 2.45) is 0 Å². The van der Waals surface area contributed by atoms with Gasteiger partial charge in [-0.1, -0.05) is 12.1 Å². The summed E-state index contributed by atoms with van der Waals surface area (Å²) in [6.07, 6.45) is 3.97. The Labute approximate surface area is 97.6 Å². The Kier molecular flexibility index (Phi) is 4.76. The van der Waals surface area contributed by atoms with Crippen molar-refractivity contribution in [3.05, 3.63) is 24.3 Å². The van der Waals surface area contributed by atoms with Crippen molar-refractivity contribution in [2.75, 3.05) is 25.1 Å². The minimum atomic E-state index is 0. The van der Waals surface area contributed by atoms with Gasteiger partial charge in [-0.25, -0.2) is 0 Å². The smallest absolute Gasteiger partial charge is 0.142 e. The highest BCUT2D eigenvalue weighted by molar-refractivity contribution is 5.85. The lowest BCUT2D eigenvalue weighted by Gasteiger charge is -2.29. The van der Waals surface area contributed by atoms with E-state index in [1.807, 2.05) is 12.1 Å². The number of rotatable bonds is 2. The number of hydrogen-bond acceptors (Lipinski definition) is 2. The van der Waals surface area contributed by atoms with Crippen LogP contribution in [-0.4, -0.2) is 20.2 Å². The van der Waals surface area contributed by atoms with Gasteiger partial charge in [0.25, 0.3) is 0 Å². The first-order chi connectivity index (χ1) is 6.92. The third kappa shape index (κ3) is 2.78. The molecule has 0 aliphatic carbocycles. The third-order valence-electron chi connectivity index (χ3n) is 2.78. The van der Waals surface area contributed by atoms with Crippen LogP contribution in [0.25, 0.3) is 0 Å². The maximum atomic E-state index is 5.36. The monoisotopic (exact) mass is 227 g/mol. The second-order valence-corrected chi connectivity index (χ2v) is 3.72. The van der Waals surface area contributed by atoms with Crippen molar-refractivity contribution in [2.45, 2.75) is 19.3 Å². The number of ether oxygens (including phenoxy) is 1. The highest BCUT2D eigenvalue weighted by atomic mass is 35.5. The normalized spacial score (nSPS) is 15.7. The van der Waals surface area contributed by atoms with E-state index in [-0.39, 0.29) is 12.4 Å². The van der Waals surface area contributed by atoms with Crippen molar-refractivity contribution in [3.8, 4) is 5.75 Å². The van der Waals surface area contributed by atoms with Crippen LogP contribution in [0.3, 0.4) is 0 Å². The van der Waals surface area contributed by atoms with Crippen LogP contribution in [0.5, 0.6) is 5.75 Å². The molecule has 1 fully saturated rings. The summed E-state index contributed by atoms with van der Waals surface area (Å²) in [5, 5.41) is 0. The van der Waals surface area contributed by atoms with Gasteiger partial charge in [-0.2, -0.15) is 0 Å². The lowest BCUT2D eigenvalue weighted by Crippen LogP contribution is -2.29. The molecule has 84 valence electrons. The lowest BCUT2D eigenvalue weighted by molar-refractivity contribution is 0.412. The molecule has 0 saturated carbocycles. The summed E-state index contributed by atoms with van der Waals surface area (Å²) >= 11 is 0. The van der Waals surface area contributed by atoms with Crippen LogP contribution in [-0.2, 0) is 0 Å². The number of piperidine rings is 1. The first-order valence-electron chi connectivity index (χ1n) is 5.30. The number of halogens is 1. The molecule has 1 saturated heterocycles. The molecule has 0 amide bonds. The zero-order valence-corrected chi connectivity index (χ0v) is 9.93. The highest BCUT2D eigenvalue weighted by Gasteiger charge is 2.13. The number of methoxy groups -OCH3 is 1. The minimum Gasteiger partial charge on any atom is -0.495 e. The Bertz CT molecular complexity index is 297. The van der Waals surface area contributed by atoms with Crippen LogP contribution in [0, 0.1) is 0 Å². The van der Waals surface area contributed by atoms with Crippen molar-refractivity contribution in [1.29, 1.82) is 0 Å². The van der Waals surface area contributed by atoms with E-state index in [0.717, 1.165) is 5.75 Å². The van der Waals surface area contributed by atoms with Gasteiger partial charge in [0.05, 0.1) is 12.8 Å². The molecule has 0 N–H and O–H groups in total. The highest BCUT2D eigenvalue weighted by Crippen LogP contribution is 2.29. The Balaban J connectivity index is 0.00000112. The molecule has 0 radical (unpaired) electrons. The Morgan fingerprint density at radius 2 is 1.73 bits per heavy atom. The van der Waals surface area contributed by atoms with Gasteiger partial charge in [0, 0.05) is 13.1 Å². The maximum Gasteiger partial charge on any atom is 0.142 e. The van der Waals surface area contributed by atoms with E-state index >= 15 is 0 Å². The fraction of sp³-hybridized carbons (Fsp3) is 0.500.